The second-order valence-electron chi connectivity index (χ2n) is 9.01. The fraction of sp³-hybridized carbons (Fsp3) is 0.556. The van der Waals surface area contributed by atoms with Gasteiger partial charge in [-0.1, -0.05) is 57.9 Å². The van der Waals surface area contributed by atoms with Crippen molar-refractivity contribution in [3.8, 4) is 11.1 Å². The van der Waals surface area contributed by atoms with Crippen LogP contribution in [0.2, 0.25) is 0 Å². The zero-order chi connectivity index (χ0) is 21.7. The molecule has 3 heteroatoms. The van der Waals surface area contributed by atoms with Gasteiger partial charge in [0.1, 0.15) is 0 Å². The fourth-order valence-corrected chi connectivity index (χ4v) is 5.35. The zero-order valence-corrected chi connectivity index (χ0v) is 18.6. The van der Waals surface area contributed by atoms with Crippen molar-refractivity contribution in [3.05, 3.63) is 59.4 Å². The van der Waals surface area contributed by atoms with Gasteiger partial charge in [-0.2, -0.15) is 0 Å². The van der Waals surface area contributed by atoms with Crippen molar-refractivity contribution in [1.82, 2.24) is 0 Å². The normalized spacial score (nSPS) is 26.6. The molecule has 0 saturated heterocycles. The van der Waals surface area contributed by atoms with Crippen LogP contribution in [0.25, 0.3) is 11.1 Å². The Kier molecular flexibility index (Phi) is 8.02. The summed E-state index contributed by atoms with van der Waals surface area (Å²) in [6, 6.07) is 10.1. The van der Waals surface area contributed by atoms with Gasteiger partial charge in [0.25, 0.3) is 0 Å². The van der Waals surface area contributed by atoms with Crippen molar-refractivity contribution < 1.29 is 13.2 Å². The summed E-state index contributed by atoms with van der Waals surface area (Å²) < 4.78 is 40.2. The number of hydrogen-bond donors (Lipinski definition) is 0. The Morgan fingerprint density at radius 1 is 0.633 bits per heavy atom. The van der Waals surface area contributed by atoms with Crippen molar-refractivity contribution in [2.75, 3.05) is 0 Å². The van der Waals surface area contributed by atoms with E-state index in [1.165, 1.54) is 56.9 Å². The molecule has 2 aromatic carbocycles. The van der Waals surface area contributed by atoms with Crippen molar-refractivity contribution in [1.29, 1.82) is 0 Å². The highest BCUT2D eigenvalue weighted by Gasteiger charge is 2.30. The molecular formula is C27H35F3. The Hall–Kier alpha value is -1.77. The van der Waals surface area contributed by atoms with Crippen LogP contribution in [0.3, 0.4) is 0 Å². The highest BCUT2D eigenvalue weighted by molar-refractivity contribution is 5.64. The number of rotatable bonds is 3. The van der Waals surface area contributed by atoms with E-state index in [1.54, 1.807) is 0 Å². The van der Waals surface area contributed by atoms with Gasteiger partial charge in [-0.15, -0.1) is 0 Å². The second kappa shape index (κ2) is 10.5. The zero-order valence-electron chi connectivity index (χ0n) is 18.6. The van der Waals surface area contributed by atoms with Gasteiger partial charge in [-0.3, -0.25) is 0 Å². The topological polar surface area (TPSA) is 0 Å². The molecular weight excluding hydrogens is 381 g/mol. The minimum atomic E-state index is -1.41. The van der Waals surface area contributed by atoms with Crippen LogP contribution in [-0.2, 0) is 0 Å². The second-order valence-corrected chi connectivity index (χ2v) is 9.01. The molecule has 0 radical (unpaired) electrons. The van der Waals surface area contributed by atoms with Gasteiger partial charge in [0.15, 0.2) is 17.5 Å². The van der Waals surface area contributed by atoms with Gasteiger partial charge in [0.2, 0.25) is 0 Å². The van der Waals surface area contributed by atoms with Crippen LogP contribution in [0.1, 0.15) is 83.6 Å². The third-order valence-electron chi connectivity index (χ3n) is 7.20. The molecule has 0 spiro atoms. The summed E-state index contributed by atoms with van der Waals surface area (Å²) in [5, 5.41) is 0. The largest absolute Gasteiger partial charge is 0.204 e. The molecule has 0 heterocycles. The maximum atomic E-state index is 13.5. The smallest absolute Gasteiger partial charge is 0.194 e. The Bertz CT molecular complexity index is 772. The summed E-state index contributed by atoms with van der Waals surface area (Å²) in [4.78, 5) is 0. The summed E-state index contributed by atoms with van der Waals surface area (Å²) in [5.41, 5.74) is 2.40. The lowest BCUT2D eigenvalue weighted by Gasteiger charge is -2.37. The molecule has 0 atom stereocenters. The Labute approximate surface area is 179 Å². The molecule has 0 aliphatic heterocycles. The molecule has 30 heavy (non-hydrogen) atoms. The van der Waals surface area contributed by atoms with E-state index in [4.69, 9.17) is 0 Å². The van der Waals surface area contributed by atoms with Crippen molar-refractivity contribution in [2.45, 2.75) is 78.1 Å². The SMILES string of the molecule is CC.CC1CCC(C2CCC(c3ccc(-c4cc(F)c(F)c(F)c4)cc3)CC2)CC1. The lowest BCUT2D eigenvalue weighted by atomic mass is 9.68. The third-order valence-corrected chi connectivity index (χ3v) is 7.20. The maximum absolute atomic E-state index is 13.5. The lowest BCUT2D eigenvalue weighted by molar-refractivity contribution is 0.165. The first-order valence-electron chi connectivity index (χ1n) is 11.8. The van der Waals surface area contributed by atoms with Gasteiger partial charge in [-0.05, 0) is 91.0 Å². The van der Waals surface area contributed by atoms with Gasteiger partial charge in [0.05, 0.1) is 0 Å². The molecule has 0 bridgehead atoms. The summed E-state index contributed by atoms with van der Waals surface area (Å²) in [5.74, 6) is -0.381. The molecule has 2 saturated carbocycles. The molecule has 0 unspecified atom stereocenters. The summed E-state index contributed by atoms with van der Waals surface area (Å²) in [6.45, 7) is 6.38. The van der Waals surface area contributed by atoms with Crippen molar-refractivity contribution in [3.63, 3.8) is 0 Å². The third kappa shape index (κ3) is 5.28. The number of halogens is 3. The van der Waals surface area contributed by atoms with Crippen molar-refractivity contribution in [2.24, 2.45) is 17.8 Å². The predicted octanol–water partition coefficient (Wildman–Crippen LogP) is 8.90. The summed E-state index contributed by atoms with van der Waals surface area (Å²) >= 11 is 0. The molecule has 4 rings (SSSR count). The molecule has 0 nitrogen and oxygen atoms in total. The first kappa shape index (κ1) is 22.9. The van der Waals surface area contributed by atoms with E-state index in [-0.39, 0.29) is 0 Å². The monoisotopic (exact) mass is 416 g/mol. The van der Waals surface area contributed by atoms with E-state index in [1.807, 2.05) is 26.0 Å². The van der Waals surface area contributed by atoms with Gasteiger partial charge in [0, 0.05) is 0 Å². The minimum absolute atomic E-state index is 0.373. The molecule has 2 aliphatic carbocycles. The van der Waals surface area contributed by atoms with Crippen LogP contribution in [0.5, 0.6) is 0 Å². The number of benzene rings is 2. The minimum Gasteiger partial charge on any atom is -0.204 e. The Balaban J connectivity index is 0.00000124. The Morgan fingerprint density at radius 3 is 1.60 bits per heavy atom. The highest BCUT2D eigenvalue weighted by Crippen LogP contribution is 2.44. The van der Waals surface area contributed by atoms with E-state index in [2.05, 4.69) is 19.1 Å². The van der Waals surface area contributed by atoms with E-state index in [0.717, 1.165) is 29.9 Å². The molecule has 2 aromatic rings. The van der Waals surface area contributed by atoms with Crippen LogP contribution in [0.15, 0.2) is 36.4 Å². The van der Waals surface area contributed by atoms with Crippen LogP contribution >= 0.6 is 0 Å². The van der Waals surface area contributed by atoms with Crippen molar-refractivity contribution >= 4 is 0 Å². The molecule has 0 amide bonds. The highest BCUT2D eigenvalue weighted by atomic mass is 19.2. The predicted molar refractivity (Wildman–Crippen MR) is 119 cm³/mol. The van der Waals surface area contributed by atoms with E-state index < -0.39 is 17.5 Å². The van der Waals surface area contributed by atoms with Gasteiger partial charge in [-0.25, -0.2) is 13.2 Å². The first-order valence-corrected chi connectivity index (χ1v) is 11.8. The van der Waals surface area contributed by atoms with E-state index in [0.29, 0.717) is 17.0 Å². The molecule has 2 aliphatic rings. The average molecular weight is 417 g/mol. The molecule has 0 aromatic heterocycles. The summed E-state index contributed by atoms with van der Waals surface area (Å²) in [7, 11) is 0. The van der Waals surface area contributed by atoms with Crippen LogP contribution < -0.4 is 0 Å². The lowest BCUT2D eigenvalue weighted by Crippen LogP contribution is -2.24. The van der Waals surface area contributed by atoms with Crippen LogP contribution in [0.4, 0.5) is 13.2 Å². The van der Waals surface area contributed by atoms with Gasteiger partial charge < -0.3 is 0 Å². The first-order chi connectivity index (χ1) is 14.5. The van der Waals surface area contributed by atoms with E-state index in [9.17, 15) is 13.2 Å². The molecule has 2 fully saturated rings. The molecule has 164 valence electrons. The Morgan fingerprint density at radius 2 is 1.10 bits per heavy atom. The molecule has 0 N–H and O–H groups in total. The quantitative estimate of drug-likeness (QED) is 0.438. The fourth-order valence-electron chi connectivity index (χ4n) is 5.35. The van der Waals surface area contributed by atoms with Gasteiger partial charge >= 0.3 is 0 Å². The van der Waals surface area contributed by atoms with Crippen LogP contribution in [-0.4, -0.2) is 0 Å². The average Bonchev–Trinajstić information content (AvgIpc) is 2.79. The maximum Gasteiger partial charge on any atom is 0.194 e. The number of hydrogen-bond acceptors (Lipinski definition) is 0. The van der Waals surface area contributed by atoms with Crippen LogP contribution in [0, 0.1) is 35.2 Å². The van der Waals surface area contributed by atoms with E-state index >= 15 is 0 Å². The standard InChI is InChI=1S/C25H29F3.C2H6/c1-16-2-4-17(5-3-16)18-6-8-19(9-7-18)20-10-12-21(13-11-20)22-14-23(26)25(28)24(27)15-22;1-2/h10-19H,2-9H2,1H3;1-2H3. The summed E-state index contributed by atoms with van der Waals surface area (Å²) in [6.07, 6.45) is 10.7.